The molecule has 0 aliphatic carbocycles. The lowest BCUT2D eigenvalue weighted by molar-refractivity contribution is -0.157. The quantitative estimate of drug-likeness (QED) is 0.120. The summed E-state index contributed by atoms with van der Waals surface area (Å²) in [7, 11) is 0. The number of amides is 2. The second kappa shape index (κ2) is 14.9. The van der Waals surface area contributed by atoms with Gasteiger partial charge in [0.2, 0.25) is 17.8 Å². The number of nitrogens with two attached hydrogens (primary N) is 3. The maximum atomic E-state index is 12.2. The number of esters is 2. The van der Waals surface area contributed by atoms with Gasteiger partial charge in [-0.15, -0.1) is 0 Å². The summed E-state index contributed by atoms with van der Waals surface area (Å²) in [5, 5.41) is 4.77. The van der Waals surface area contributed by atoms with Crippen LogP contribution in [0.25, 0.3) is 11.2 Å². The standard InChI is InChI=1S/C23H37N9O8/c1-11(2)16(24)20(35)27-5-14(33)38-7-13(8-39-15(34)6-28-21(36)17(25)12(3)4)40-10-32-9-29-18-19(32)30-23(26)31-22(18)37/h9,11-13,16-17H,5-8,10,24-25H2,1-4H3,(H,27,35)(H,28,36)(H3,26,30,31,37)/t16-,17-/m0/s1. The third-order valence-electron chi connectivity index (χ3n) is 5.66. The molecule has 0 radical (unpaired) electrons. The number of hydrogen-bond acceptors (Lipinski definition) is 13. The maximum Gasteiger partial charge on any atom is 0.325 e. The van der Waals surface area contributed by atoms with E-state index >= 15 is 0 Å². The van der Waals surface area contributed by atoms with E-state index in [1.807, 2.05) is 0 Å². The second-order valence-electron chi connectivity index (χ2n) is 9.60. The predicted octanol–water partition coefficient (Wildman–Crippen LogP) is -2.67. The minimum atomic E-state index is -0.994. The Bertz CT molecular complexity index is 1200. The predicted molar refractivity (Wildman–Crippen MR) is 141 cm³/mol. The Morgan fingerprint density at radius 1 is 0.950 bits per heavy atom. The molecule has 0 aliphatic heterocycles. The van der Waals surface area contributed by atoms with Gasteiger partial charge in [-0.25, -0.2) is 4.98 Å². The number of carbonyl (C=O) groups excluding carboxylic acids is 4. The molecule has 2 aromatic heterocycles. The Morgan fingerprint density at radius 2 is 1.45 bits per heavy atom. The molecule has 17 nitrogen and oxygen atoms in total. The molecule has 2 rings (SSSR count). The number of imidazole rings is 1. The first-order chi connectivity index (χ1) is 18.8. The van der Waals surface area contributed by atoms with Crippen molar-refractivity contribution in [1.82, 2.24) is 30.2 Å². The number of hydrogen-bond donors (Lipinski definition) is 6. The molecule has 0 saturated heterocycles. The van der Waals surface area contributed by atoms with Crippen LogP contribution in [-0.2, 0) is 40.1 Å². The zero-order valence-electron chi connectivity index (χ0n) is 22.8. The minimum Gasteiger partial charge on any atom is -0.461 e. The maximum absolute atomic E-state index is 12.2. The molecule has 0 saturated carbocycles. The number of nitrogen functional groups attached to an aromatic ring is 1. The van der Waals surface area contributed by atoms with Crippen molar-refractivity contribution in [3.63, 3.8) is 0 Å². The van der Waals surface area contributed by atoms with E-state index in [-0.39, 0.29) is 48.9 Å². The number of carbonyl (C=O) groups is 4. The van der Waals surface area contributed by atoms with Crippen LogP contribution in [0.15, 0.2) is 11.1 Å². The van der Waals surface area contributed by atoms with E-state index in [0.717, 1.165) is 0 Å². The summed E-state index contributed by atoms with van der Waals surface area (Å²) < 4.78 is 17.4. The number of nitrogens with one attached hydrogen (secondary N) is 3. The van der Waals surface area contributed by atoms with Crippen molar-refractivity contribution in [2.24, 2.45) is 23.3 Å². The zero-order chi connectivity index (χ0) is 30.0. The molecule has 40 heavy (non-hydrogen) atoms. The fourth-order valence-corrected chi connectivity index (χ4v) is 3.03. The van der Waals surface area contributed by atoms with Gasteiger partial charge in [0.25, 0.3) is 5.56 Å². The monoisotopic (exact) mass is 567 g/mol. The average molecular weight is 568 g/mol. The van der Waals surface area contributed by atoms with E-state index in [0.29, 0.717) is 0 Å². The molecular formula is C23H37N9O8. The van der Waals surface area contributed by atoms with Gasteiger partial charge in [-0.1, -0.05) is 27.7 Å². The molecule has 2 amide bonds. The van der Waals surface area contributed by atoms with Crippen LogP contribution >= 0.6 is 0 Å². The fourth-order valence-electron chi connectivity index (χ4n) is 3.03. The summed E-state index contributed by atoms with van der Waals surface area (Å²) in [4.78, 5) is 70.6. The Morgan fingerprint density at radius 3 is 1.93 bits per heavy atom. The zero-order valence-corrected chi connectivity index (χ0v) is 22.8. The highest BCUT2D eigenvalue weighted by Crippen LogP contribution is 2.08. The Kier molecular flexibility index (Phi) is 12.0. The van der Waals surface area contributed by atoms with E-state index in [1.54, 1.807) is 27.7 Å². The first-order valence-corrected chi connectivity index (χ1v) is 12.5. The number of ether oxygens (including phenoxy) is 3. The van der Waals surface area contributed by atoms with Gasteiger partial charge >= 0.3 is 11.9 Å². The van der Waals surface area contributed by atoms with Crippen LogP contribution in [-0.4, -0.2) is 87.8 Å². The first-order valence-electron chi connectivity index (χ1n) is 12.5. The lowest BCUT2D eigenvalue weighted by Crippen LogP contribution is -2.46. The highest BCUT2D eigenvalue weighted by molar-refractivity contribution is 5.86. The van der Waals surface area contributed by atoms with Gasteiger partial charge in [-0.2, -0.15) is 4.98 Å². The van der Waals surface area contributed by atoms with Crippen molar-refractivity contribution in [3.05, 3.63) is 16.7 Å². The van der Waals surface area contributed by atoms with E-state index in [2.05, 4.69) is 25.6 Å². The number of rotatable bonds is 15. The summed E-state index contributed by atoms with van der Waals surface area (Å²) in [5.41, 5.74) is 16.7. The van der Waals surface area contributed by atoms with E-state index in [9.17, 15) is 24.0 Å². The number of H-pyrrole nitrogens is 1. The molecule has 0 aromatic carbocycles. The molecule has 9 N–H and O–H groups in total. The third kappa shape index (κ3) is 9.58. The van der Waals surface area contributed by atoms with Gasteiger partial charge in [-0.3, -0.25) is 33.5 Å². The van der Waals surface area contributed by atoms with Crippen molar-refractivity contribution < 1.29 is 33.4 Å². The van der Waals surface area contributed by atoms with Gasteiger partial charge in [-0.05, 0) is 11.8 Å². The summed E-state index contributed by atoms with van der Waals surface area (Å²) in [5.74, 6) is -2.98. The molecule has 0 bridgehead atoms. The Balaban J connectivity index is 1.99. The SMILES string of the molecule is CC(C)[C@H](N)C(=O)NCC(=O)OCC(COC(=O)CNC(=O)[C@@H](N)C(C)C)OCn1cnc2c(=O)[nH]c(N)nc21. The van der Waals surface area contributed by atoms with Gasteiger partial charge in [0.15, 0.2) is 11.2 Å². The molecule has 2 aromatic rings. The van der Waals surface area contributed by atoms with Crippen LogP contribution < -0.4 is 33.4 Å². The lowest BCUT2D eigenvalue weighted by Gasteiger charge is -2.19. The van der Waals surface area contributed by atoms with Crippen LogP contribution in [0.5, 0.6) is 0 Å². The topological polar surface area (TPSA) is 262 Å². The lowest BCUT2D eigenvalue weighted by atomic mass is 10.1. The van der Waals surface area contributed by atoms with Crippen LogP contribution in [0.3, 0.4) is 0 Å². The number of nitrogens with zero attached hydrogens (tertiary/aromatic N) is 3. The average Bonchev–Trinajstić information content (AvgIpc) is 3.31. The summed E-state index contributed by atoms with van der Waals surface area (Å²) in [6.45, 7) is 5.21. The summed E-state index contributed by atoms with van der Waals surface area (Å²) in [6, 6.07) is -1.59. The smallest absolute Gasteiger partial charge is 0.325 e. The summed E-state index contributed by atoms with van der Waals surface area (Å²) >= 11 is 0. The van der Waals surface area contributed by atoms with Crippen LogP contribution in [0.4, 0.5) is 5.95 Å². The molecule has 0 aliphatic rings. The van der Waals surface area contributed by atoms with E-state index in [1.165, 1.54) is 10.9 Å². The van der Waals surface area contributed by atoms with Gasteiger partial charge in [0.05, 0.1) is 18.4 Å². The van der Waals surface area contributed by atoms with Crippen molar-refractivity contribution in [1.29, 1.82) is 0 Å². The minimum absolute atomic E-state index is 0.0258. The van der Waals surface area contributed by atoms with E-state index < -0.39 is 60.6 Å². The Labute approximate surface area is 229 Å². The highest BCUT2D eigenvalue weighted by Gasteiger charge is 2.21. The number of aromatic nitrogens is 4. The molecule has 17 heteroatoms. The highest BCUT2D eigenvalue weighted by atomic mass is 16.6. The molecule has 222 valence electrons. The third-order valence-corrected chi connectivity index (χ3v) is 5.66. The van der Waals surface area contributed by atoms with Crippen LogP contribution in [0, 0.1) is 11.8 Å². The molecule has 2 heterocycles. The van der Waals surface area contributed by atoms with E-state index in [4.69, 9.17) is 31.4 Å². The van der Waals surface area contributed by atoms with Crippen LogP contribution in [0.1, 0.15) is 27.7 Å². The van der Waals surface area contributed by atoms with Crippen molar-refractivity contribution in [2.45, 2.75) is 52.6 Å². The number of anilines is 1. The van der Waals surface area contributed by atoms with Crippen molar-refractivity contribution in [3.8, 4) is 0 Å². The number of aromatic amines is 1. The molecule has 0 fully saturated rings. The fraction of sp³-hybridized carbons (Fsp3) is 0.609. The van der Waals surface area contributed by atoms with Gasteiger partial charge < -0.3 is 42.0 Å². The largest absolute Gasteiger partial charge is 0.461 e. The normalized spacial score (nSPS) is 12.9. The number of fused-ring (bicyclic) bond motifs is 1. The second-order valence-corrected chi connectivity index (χ2v) is 9.60. The van der Waals surface area contributed by atoms with Gasteiger partial charge in [0.1, 0.15) is 39.1 Å². The Hall–Kier alpha value is -4.09. The molecular weight excluding hydrogens is 530 g/mol. The molecule has 0 unspecified atom stereocenters. The molecule has 0 spiro atoms. The first kappa shape index (κ1) is 32.1. The molecule has 2 atom stereocenters. The van der Waals surface area contributed by atoms with Crippen LogP contribution in [0.2, 0.25) is 0 Å². The van der Waals surface area contributed by atoms with Gasteiger partial charge in [0, 0.05) is 0 Å². The summed E-state index contributed by atoms with van der Waals surface area (Å²) in [6.07, 6.45) is 0.300. The van der Waals surface area contributed by atoms with Crippen molar-refractivity contribution >= 4 is 40.9 Å². The van der Waals surface area contributed by atoms with Crippen molar-refractivity contribution in [2.75, 3.05) is 32.0 Å².